The van der Waals surface area contributed by atoms with Crippen LogP contribution in [0.2, 0.25) is 0 Å². The Morgan fingerprint density at radius 3 is 3.00 bits per heavy atom. The first-order valence-electron chi connectivity index (χ1n) is 4.89. The topological polar surface area (TPSA) is 55.6 Å². The van der Waals surface area contributed by atoms with Gasteiger partial charge in [-0.15, -0.1) is 11.3 Å². The van der Waals surface area contributed by atoms with E-state index in [1.165, 1.54) is 15.9 Å². The molecule has 0 radical (unpaired) electrons. The Hall–Kier alpha value is -1.73. The van der Waals surface area contributed by atoms with E-state index in [4.69, 9.17) is 12.2 Å². The monoisotopic (exact) mass is 264 g/mol. The van der Waals surface area contributed by atoms with Gasteiger partial charge >= 0.3 is 0 Å². The SMILES string of the molecule is Cn1ccc(-n2c(=S)[nH]c3ccsc3c2=O)n1. The molecule has 3 heterocycles. The highest BCUT2D eigenvalue weighted by molar-refractivity contribution is 7.71. The van der Waals surface area contributed by atoms with Gasteiger partial charge < -0.3 is 4.98 Å². The third-order valence-corrected chi connectivity index (χ3v) is 3.62. The van der Waals surface area contributed by atoms with Gasteiger partial charge in [0, 0.05) is 19.3 Å². The van der Waals surface area contributed by atoms with Gasteiger partial charge in [0.2, 0.25) is 0 Å². The van der Waals surface area contributed by atoms with Gasteiger partial charge in [0.15, 0.2) is 10.6 Å². The second-order valence-electron chi connectivity index (χ2n) is 3.58. The number of fused-ring (bicyclic) bond motifs is 1. The maximum atomic E-state index is 12.3. The van der Waals surface area contributed by atoms with Gasteiger partial charge in [-0.3, -0.25) is 9.48 Å². The van der Waals surface area contributed by atoms with Crippen LogP contribution in [0, 0.1) is 4.77 Å². The third kappa shape index (κ3) is 1.55. The number of hydrogen-bond donors (Lipinski definition) is 1. The van der Waals surface area contributed by atoms with E-state index in [2.05, 4.69) is 10.1 Å². The Morgan fingerprint density at radius 1 is 1.47 bits per heavy atom. The summed E-state index contributed by atoms with van der Waals surface area (Å²) in [6.45, 7) is 0. The van der Waals surface area contributed by atoms with E-state index in [1.807, 2.05) is 11.4 Å². The Morgan fingerprint density at radius 2 is 2.29 bits per heavy atom. The first-order chi connectivity index (χ1) is 8.16. The molecular weight excluding hydrogens is 256 g/mol. The summed E-state index contributed by atoms with van der Waals surface area (Å²) in [5, 5.41) is 6.05. The van der Waals surface area contributed by atoms with Gasteiger partial charge in [0.1, 0.15) is 4.70 Å². The van der Waals surface area contributed by atoms with Gasteiger partial charge in [-0.05, 0) is 23.7 Å². The molecule has 0 aliphatic rings. The molecule has 0 aliphatic heterocycles. The van der Waals surface area contributed by atoms with Crippen LogP contribution in [-0.2, 0) is 7.05 Å². The fourth-order valence-electron chi connectivity index (χ4n) is 1.67. The number of nitrogens with zero attached hydrogens (tertiary/aromatic N) is 3. The minimum atomic E-state index is -0.127. The molecule has 3 rings (SSSR count). The van der Waals surface area contributed by atoms with Crippen molar-refractivity contribution in [1.29, 1.82) is 0 Å². The molecule has 5 nitrogen and oxygen atoms in total. The van der Waals surface area contributed by atoms with Gasteiger partial charge in [-0.25, -0.2) is 4.57 Å². The second kappa shape index (κ2) is 3.64. The fraction of sp³-hybridized carbons (Fsp3) is 0.100. The summed E-state index contributed by atoms with van der Waals surface area (Å²) in [4.78, 5) is 15.3. The number of aryl methyl sites for hydroxylation is 1. The van der Waals surface area contributed by atoms with E-state index in [9.17, 15) is 4.79 Å². The maximum absolute atomic E-state index is 12.3. The maximum Gasteiger partial charge on any atom is 0.278 e. The minimum Gasteiger partial charge on any atom is -0.331 e. The number of thiophene rings is 1. The van der Waals surface area contributed by atoms with E-state index >= 15 is 0 Å². The Kier molecular flexibility index (Phi) is 2.23. The normalized spacial score (nSPS) is 11.1. The van der Waals surface area contributed by atoms with Crippen molar-refractivity contribution < 1.29 is 0 Å². The van der Waals surface area contributed by atoms with Gasteiger partial charge in [0.25, 0.3) is 5.56 Å². The molecule has 3 aromatic heterocycles. The molecule has 7 heteroatoms. The molecule has 0 saturated carbocycles. The summed E-state index contributed by atoms with van der Waals surface area (Å²) >= 11 is 6.58. The van der Waals surface area contributed by atoms with E-state index in [1.54, 1.807) is 24.0 Å². The lowest BCUT2D eigenvalue weighted by atomic mass is 10.4. The molecule has 1 N–H and O–H groups in total. The van der Waals surface area contributed by atoms with Crippen molar-refractivity contribution in [3.8, 4) is 5.82 Å². The molecule has 86 valence electrons. The first-order valence-corrected chi connectivity index (χ1v) is 6.18. The smallest absolute Gasteiger partial charge is 0.278 e. The molecule has 0 saturated heterocycles. The van der Waals surface area contributed by atoms with Crippen molar-refractivity contribution in [1.82, 2.24) is 19.3 Å². The fourth-order valence-corrected chi connectivity index (χ4v) is 2.73. The van der Waals surface area contributed by atoms with E-state index < -0.39 is 0 Å². The van der Waals surface area contributed by atoms with E-state index in [0.29, 0.717) is 15.3 Å². The molecule has 0 fully saturated rings. The van der Waals surface area contributed by atoms with Gasteiger partial charge in [-0.1, -0.05) is 0 Å². The van der Waals surface area contributed by atoms with Crippen molar-refractivity contribution in [3.63, 3.8) is 0 Å². The average molecular weight is 264 g/mol. The van der Waals surface area contributed by atoms with E-state index in [-0.39, 0.29) is 5.56 Å². The highest BCUT2D eigenvalue weighted by Gasteiger charge is 2.09. The quantitative estimate of drug-likeness (QED) is 0.682. The van der Waals surface area contributed by atoms with Crippen LogP contribution in [0.1, 0.15) is 0 Å². The second-order valence-corrected chi connectivity index (χ2v) is 4.88. The Balaban J connectivity index is 2.44. The average Bonchev–Trinajstić information content (AvgIpc) is 2.87. The lowest BCUT2D eigenvalue weighted by molar-refractivity contribution is 0.743. The van der Waals surface area contributed by atoms with Crippen molar-refractivity contribution in [2.24, 2.45) is 7.05 Å². The largest absolute Gasteiger partial charge is 0.331 e. The van der Waals surface area contributed by atoms with Crippen LogP contribution in [0.4, 0.5) is 0 Å². The molecule has 0 amide bonds. The molecule has 0 aliphatic carbocycles. The van der Waals surface area contributed by atoms with Crippen molar-refractivity contribution in [2.45, 2.75) is 0 Å². The lowest BCUT2D eigenvalue weighted by Crippen LogP contribution is -2.20. The number of aromatic nitrogens is 4. The summed E-state index contributed by atoms with van der Waals surface area (Å²) in [7, 11) is 1.80. The molecule has 0 spiro atoms. The zero-order chi connectivity index (χ0) is 12.0. The van der Waals surface area contributed by atoms with Crippen molar-refractivity contribution in [2.75, 3.05) is 0 Å². The predicted octanol–water partition coefficient (Wildman–Crippen LogP) is 1.84. The summed E-state index contributed by atoms with van der Waals surface area (Å²) in [5.41, 5.74) is 0.648. The number of aromatic amines is 1. The number of hydrogen-bond acceptors (Lipinski definition) is 4. The summed E-state index contributed by atoms with van der Waals surface area (Å²) in [6.07, 6.45) is 1.77. The minimum absolute atomic E-state index is 0.127. The van der Waals surface area contributed by atoms with Crippen LogP contribution < -0.4 is 5.56 Å². The van der Waals surface area contributed by atoms with E-state index in [0.717, 1.165) is 5.52 Å². The first kappa shape index (κ1) is 10.4. The van der Waals surface area contributed by atoms with Crippen molar-refractivity contribution >= 4 is 33.8 Å². The molecular formula is C10H8N4OS2. The summed E-state index contributed by atoms with van der Waals surface area (Å²) in [5.74, 6) is 0.536. The summed E-state index contributed by atoms with van der Waals surface area (Å²) < 4.78 is 4.06. The predicted molar refractivity (Wildman–Crippen MR) is 69.4 cm³/mol. The number of nitrogens with one attached hydrogen (secondary N) is 1. The molecule has 0 atom stereocenters. The number of rotatable bonds is 1. The highest BCUT2D eigenvalue weighted by atomic mass is 32.1. The standard InChI is InChI=1S/C10H8N4OS2/c1-13-4-2-7(12-13)14-9(15)8-6(3-5-17-8)11-10(14)16/h2-5H,1H3,(H,11,16). The molecule has 0 bridgehead atoms. The summed E-state index contributed by atoms with van der Waals surface area (Å²) in [6, 6.07) is 3.60. The van der Waals surface area contributed by atoms with Crippen LogP contribution in [-0.4, -0.2) is 19.3 Å². The molecule has 3 aromatic rings. The van der Waals surface area contributed by atoms with Crippen LogP contribution in [0.25, 0.3) is 16.0 Å². The Labute approximate surface area is 105 Å². The Bertz CT molecular complexity index is 807. The third-order valence-electron chi connectivity index (χ3n) is 2.44. The zero-order valence-electron chi connectivity index (χ0n) is 8.88. The van der Waals surface area contributed by atoms with Crippen LogP contribution >= 0.6 is 23.6 Å². The van der Waals surface area contributed by atoms with Crippen LogP contribution in [0.3, 0.4) is 0 Å². The number of H-pyrrole nitrogens is 1. The molecule has 17 heavy (non-hydrogen) atoms. The lowest BCUT2D eigenvalue weighted by Gasteiger charge is -2.01. The van der Waals surface area contributed by atoms with Crippen LogP contribution in [0.5, 0.6) is 0 Å². The van der Waals surface area contributed by atoms with Crippen LogP contribution in [0.15, 0.2) is 28.5 Å². The zero-order valence-corrected chi connectivity index (χ0v) is 10.5. The molecule has 0 aromatic carbocycles. The molecule has 0 unspecified atom stereocenters. The van der Waals surface area contributed by atoms with Gasteiger partial charge in [-0.2, -0.15) is 5.10 Å². The van der Waals surface area contributed by atoms with Gasteiger partial charge in [0.05, 0.1) is 5.52 Å². The highest BCUT2D eigenvalue weighted by Crippen LogP contribution is 2.15. The van der Waals surface area contributed by atoms with Crippen molar-refractivity contribution in [3.05, 3.63) is 38.8 Å².